The largest absolute Gasteiger partial charge is 0.487 e. The summed E-state index contributed by atoms with van der Waals surface area (Å²) in [4.78, 5) is 14.3. The first-order valence-corrected chi connectivity index (χ1v) is 6.94. The van der Waals surface area contributed by atoms with Gasteiger partial charge in [-0.1, -0.05) is 13.8 Å². The van der Waals surface area contributed by atoms with Gasteiger partial charge in [-0.15, -0.1) is 0 Å². The van der Waals surface area contributed by atoms with Gasteiger partial charge in [-0.3, -0.25) is 9.69 Å². The molecule has 4 nitrogen and oxygen atoms in total. The molecule has 2 rings (SSSR count). The third-order valence-corrected chi connectivity index (χ3v) is 3.47. The average Bonchev–Trinajstić information content (AvgIpc) is 2.43. The third-order valence-electron chi connectivity index (χ3n) is 3.47. The molecule has 1 atom stereocenters. The summed E-state index contributed by atoms with van der Waals surface area (Å²) in [6.07, 6.45) is 0.171. The Bertz CT molecular complexity index is 455. The number of rotatable bonds is 5. The lowest BCUT2D eigenvalue weighted by Crippen LogP contribution is -2.30. The van der Waals surface area contributed by atoms with E-state index in [-0.39, 0.29) is 11.9 Å². The predicted molar refractivity (Wildman–Crippen MR) is 77.1 cm³/mol. The highest BCUT2D eigenvalue weighted by molar-refractivity contribution is 5.98. The van der Waals surface area contributed by atoms with Gasteiger partial charge in [-0.2, -0.15) is 0 Å². The van der Waals surface area contributed by atoms with Crippen LogP contribution < -0.4 is 10.1 Å². The maximum atomic E-state index is 12.2. The summed E-state index contributed by atoms with van der Waals surface area (Å²) in [6, 6.07) is 5.63. The molecule has 0 saturated carbocycles. The van der Waals surface area contributed by atoms with Crippen LogP contribution in [0.15, 0.2) is 18.2 Å². The average molecular weight is 262 g/mol. The lowest BCUT2D eigenvalue weighted by atomic mass is 10.1. The van der Waals surface area contributed by atoms with Crippen molar-refractivity contribution in [3.05, 3.63) is 23.8 Å². The number of nitrogens with one attached hydrogen (secondary N) is 1. The maximum absolute atomic E-state index is 12.2. The van der Waals surface area contributed by atoms with E-state index in [0.29, 0.717) is 6.54 Å². The number of benzene rings is 1. The minimum atomic E-state index is 0.159. The molecule has 1 aromatic rings. The van der Waals surface area contributed by atoms with Gasteiger partial charge in [0.1, 0.15) is 11.9 Å². The summed E-state index contributed by atoms with van der Waals surface area (Å²) < 4.78 is 5.71. The van der Waals surface area contributed by atoms with E-state index in [1.165, 1.54) is 0 Å². The SMILES string of the molecule is CCN(CC)CC(=O)c1ccc2c(c1)NCC(C)O2. The molecule has 1 heterocycles. The Labute approximate surface area is 114 Å². The summed E-state index contributed by atoms with van der Waals surface area (Å²) in [5, 5.41) is 3.30. The number of likely N-dealkylation sites (N-methyl/N-ethyl adjacent to an activating group) is 1. The van der Waals surface area contributed by atoms with Crippen LogP contribution in [0.3, 0.4) is 0 Å². The highest BCUT2D eigenvalue weighted by atomic mass is 16.5. The molecular weight excluding hydrogens is 240 g/mol. The number of nitrogens with zero attached hydrogens (tertiary/aromatic N) is 1. The molecule has 1 aromatic carbocycles. The van der Waals surface area contributed by atoms with Crippen LogP contribution in [0.5, 0.6) is 5.75 Å². The number of ether oxygens (including phenoxy) is 1. The van der Waals surface area contributed by atoms with Crippen LogP contribution in [0.4, 0.5) is 5.69 Å². The second-order valence-corrected chi connectivity index (χ2v) is 4.90. The number of hydrogen-bond acceptors (Lipinski definition) is 4. The van der Waals surface area contributed by atoms with Crippen molar-refractivity contribution >= 4 is 11.5 Å². The van der Waals surface area contributed by atoms with Gasteiger partial charge in [0.15, 0.2) is 5.78 Å². The second-order valence-electron chi connectivity index (χ2n) is 4.90. The Kier molecular flexibility index (Phi) is 4.43. The summed E-state index contributed by atoms with van der Waals surface area (Å²) in [7, 11) is 0. The third kappa shape index (κ3) is 3.26. The fourth-order valence-corrected chi connectivity index (χ4v) is 2.20. The highest BCUT2D eigenvalue weighted by Crippen LogP contribution is 2.30. The molecule has 0 aliphatic carbocycles. The van der Waals surface area contributed by atoms with Gasteiger partial charge in [-0.25, -0.2) is 0 Å². The maximum Gasteiger partial charge on any atom is 0.176 e. The monoisotopic (exact) mass is 262 g/mol. The van der Waals surface area contributed by atoms with E-state index in [2.05, 4.69) is 24.1 Å². The highest BCUT2D eigenvalue weighted by Gasteiger charge is 2.17. The number of Topliss-reactive ketones (excluding diaryl/α,β-unsaturated/α-hetero) is 1. The van der Waals surface area contributed by atoms with Crippen molar-refractivity contribution in [1.82, 2.24) is 4.90 Å². The van der Waals surface area contributed by atoms with Gasteiger partial charge in [0, 0.05) is 5.56 Å². The number of hydrogen-bond donors (Lipinski definition) is 1. The van der Waals surface area contributed by atoms with Crippen LogP contribution in [0.2, 0.25) is 0 Å². The fourth-order valence-electron chi connectivity index (χ4n) is 2.20. The van der Waals surface area contributed by atoms with Crippen molar-refractivity contribution in [3.8, 4) is 5.75 Å². The van der Waals surface area contributed by atoms with Gasteiger partial charge in [0.05, 0.1) is 18.8 Å². The molecule has 1 aliphatic rings. The Morgan fingerprint density at radius 2 is 2.16 bits per heavy atom. The van der Waals surface area contributed by atoms with Crippen molar-refractivity contribution in [2.75, 3.05) is 31.5 Å². The quantitative estimate of drug-likeness (QED) is 0.827. The van der Waals surface area contributed by atoms with E-state index in [1.807, 2.05) is 25.1 Å². The summed E-state index contributed by atoms with van der Waals surface area (Å²) in [6.45, 7) is 9.21. The summed E-state index contributed by atoms with van der Waals surface area (Å²) in [5.41, 5.74) is 1.67. The smallest absolute Gasteiger partial charge is 0.176 e. The van der Waals surface area contributed by atoms with Crippen LogP contribution in [0.25, 0.3) is 0 Å². The molecule has 1 unspecified atom stereocenters. The molecule has 0 bridgehead atoms. The van der Waals surface area contributed by atoms with Gasteiger partial charge in [0.2, 0.25) is 0 Å². The summed E-state index contributed by atoms with van der Waals surface area (Å²) in [5.74, 6) is 0.991. The number of fused-ring (bicyclic) bond motifs is 1. The zero-order valence-corrected chi connectivity index (χ0v) is 11.9. The van der Waals surface area contributed by atoms with Gasteiger partial charge in [0.25, 0.3) is 0 Å². The van der Waals surface area contributed by atoms with Gasteiger partial charge >= 0.3 is 0 Å². The number of anilines is 1. The summed E-state index contributed by atoms with van der Waals surface area (Å²) >= 11 is 0. The molecule has 104 valence electrons. The predicted octanol–water partition coefficient (Wildman–Crippen LogP) is 2.40. The minimum Gasteiger partial charge on any atom is -0.487 e. The topological polar surface area (TPSA) is 41.6 Å². The number of ketones is 1. The van der Waals surface area contributed by atoms with Gasteiger partial charge < -0.3 is 10.1 Å². The van der Waals surface area contributed by atoms with Crippen molar-refractivity contribution in [3.63, 3.8) is 0 Å². The Morgan fingerprint density at radius 1 is 1.42 bits per heavy atom. The van der Waals surface area contributed by atoms with Crippen LogP contribution in [0.1, 0.15) is 31.1 Å². The Hall–Kier alpha value is -1.55. The zero-order valence-electron chi connectivity index (χ0n) is 11.9. The lowest BCUT2D eigenvalue weighted by molar-refractivity contribution is 0.0937. The normalized spacial score (nSPS) is 17.6. The zero-order chi connectivity index (χ0) is 13.8. The number of carbonyl (C=O) groups excluding carboxylic acids is 1. The molecule has 1 aliphatic heterocycles. The lowest BCUT2D eigenvalue weighted by Gasteiger charge is -2.25. The van der Waals surface area contributed by atoms with E-state index in [1.54, 1.807) is 0 Å². The molecule has 1 N–H and O–H groups in total. The first-order chi connectivity index (χ1) is 9.13. The first kappa shape index (κ1) is 13.9. The fraction of sp³-hybridized carbons (Fsp3) is 0.533. The van der Waals surface area contributed by atoms with Gasteiger partial charge in [-0.05, 0) is 38.2 Å². The van der Waals surface area contributed by atoms with Crippen LogP contribution >= 0.6 is 0 Å². The molecule has 0 spiro atoms. The van der Waals surface area contributed by atoms with Crippen molar-refractivity contribution in [2.24, 2.45) is 0 Å². The van der Waals surface area contributed by atoms with E-state index >= 15 is 0 Å². The van der Waals surface area contributed by atoms with E-state index in [9.17, 15) is 4.79 Å². The molecule has 0 fully saturated rings. The van der Waals surface area contributed by atoms with Crippen LogP contribution in [-0.4, -0.2) is 43.0 Å². The molecule has 0 aromatic heterocycles. The molecule has 19 heavy (non-hydrogen) atoms. The molecule has 0 radical (unpaired) electrons. The Balaban J connectivity index is 2.11. The molecular formula is C15H22N2O2. The van der Waals surface area contributed by atoms with E-state index in [4.69, 9.17) is 4.74 Å². The molecule has 4 heteroatoms. The van der Waals surface area contributed by atoms with Crippen LogP contribution in [0, 0.1) is 0 Å². The number of carbonyl (C=O) groups is 1. The van der Waals surface area contributed by atoms with E-state index < -0.39 is 0 Å². The standard InChI is InChI=1S/C15H22N2O2/c1-4-17(5-2)10-14(18)12-6-7-15-13(8-12)16-9-11(3)19-15/h6-8,11,16H,4-5,9-10H2,1-3H3. The molecule has 0 saturated heterocycles. The van der Waals surface area contributed by atoms with Crippen molar-refractivity contribution in [1.29, 1.82) is 0 Å². The van der Waals surface area contributed by atoms with E-state index in [0.717, 1.165) is 36.6 Å². The van der Waals surface area contributed by atoms with Crippen molar-refractivity contribution < 1.29 is 9.53 Å². The molecule has 0 amide bonds. The first-order valence-electron chi connectivity index (χ1n) is 6.94. The van der Waals surface area contributed by atoms with Crippen LogP contribution in [-0.2, 0) is 0 Å². The van der Waals surface area contributed by atoms with Crippen molar-refractivity contribution in [2.45, 2.75) is 26.9 Å². The second kappa shape index (κ2) is 6.06. The minimum absolute atomic E-state index is 0.159. The Morgan fingerprint density at radius 3 is 2.84 bits per heavy atom.